The Morgan fingerprint density at radius 2 is 1.75 bits per heavy atom. The van der Waals surface area contributed by atoms with Gasteiger partial charge in [0.15, 0.2) is 0 Å². The minimum absolute atomic E-state index is 0.0146. The molecule has 9 heteroatoms. The second-order valence-electron chi connectivity index (χ2n) is 4.58. The summed E-state index contributed by atoms with van der Waals surface area (Å²) in [6, 6.07) is 7.96. The summed E-state index contributed by atoms with van der Waals surface area (Å²) >= 11 is 5.95. The molecular weight excluding hydrogens is 358 g/mol. The van der Waals surface area contributed by atoms with Crippen LogP contribution in [0.4, 0.5) is 5.69 Å². The third-order valence-electron chi connectivity index (χ3n) is 3.12. The number of sulfonamides is 1. The van der Waals surface area contributed by atoms with Crippen LogP contribution in [0.2, 0.25) is 5.02 Å². The quantitative estimate of drug-likeness (QED) is 0.826. The van der Waals surface area contributed by atoms with Crippen molar-refractivity contribution in [1.29, 1.82) is 0 Å². The van der Waals surface area contributed by atoms with Gasteiger partial charge in [-0.2, -0.15) is 0 Å². The first-order valence-electron chi connectivity index (χ1n) is 6.55. The van der Waals surface area contributed by atoms with E-state index in [1.165, 1.54) is 50.6 Å². The lowest BCUT2D eigenvalue weighted by molar-refractivity contribution is -0.254. The van der Waals surface area contributed by atoms with Crippen LogP contribution < -0.4 is 19.3 Å². The van der Waals surface area contributed by atoms with E-state index in [-0.39, 0.29) is 32.7 Å². The minimum atomic E-state index is -4.17. The fourth-order valence-corrected chi connectivity index (χ4v) is 3.47. The van der Waals surface area contributed by atoms with Gasteiger partial charge in [0.2, 0.25) is 0 Å². The topological polar surface area (TPSA) is 105 Å². The molecule has 0 amide bonds. The molecule has 0 fully saturated rings. The highest BCUT2D eigenvalue weighted by molar-refractivity contribution is 7.92. The van der Waals surface area contributed by atoms with Crippen molar-refractivity contribution < 1.29 is 27.8 Å². The number of para-hydroxylation sites is 1. The standard InChI is InChI=1S/C15H14ClNO6S/c1-22-12-8-14(13(23-2)7-10(12)16)24(20,21)17-11-6-4-3-5-9(11)15(18)19/h3-8,17H,1-2H3,(H,18,19)/p-1. The summed E-state index contributed by atoms with van der Waals surface area (Å²) in [5.74, 6) is -1.39. The first-order valence-corrected chi connectivity index (χ1v) is 8.41. The number of methoxy groups -OCH3 is 2. The normalized spacial score (nSPS) is 11.0. The number of carbonyl (C=O) groups is 1. The van der Waals surface area contributed by atoms with Gasteiger partial charge in [-0.3, -0.25) is 4.72 Å². The number of aromatic carboxylic acids is 1. The molecule has 1 N–H and O–H groups in total. The number of hydrogen-bond donors (Lipinski definition) is 1. The molecule has 0 aromatic heterocycles. The van der Waals surface area contributed by atoms with Crippen molar-refractivity contribution in [2.45, 2.75) is 4.90 Å². The Morgan fingerprint density at radius 3 is 2.33 bits per heavy atom. The van der Waals surface area contributed by atoms with Crippen LogP contribution in [0.5, 0.6) is 11.5 Å². The highest BCUT2D eigenvalue weighted by Crippen LogP contribution is 2.36. The summed E-state index contributed by atoms with van der Waals surface area (Å²) in [5.41, 5.74) is -0.422. The van der Waals surface area contributed by atoms with Crippen LogP contribution in [-0.4, -0.2) is 28.6 Å². The van der Waals surface area contributed by atoms with Crippen molar-refractivity contribution in [2.24, 2.45) is 0 Å². The Hall–Kier alpha value is -2.45. The molecule has 128 valence electrons. The SMILES string of the molecule is COc1cc(S(=O)(=O)Nc2ccccc2C(=O)[O-])c(OC)cc1Cl. The van der Waals surface area contributed by atoms with Crippen LogP contribution in [0.25, 0.3) is 0 Å². The number of halogens is 1. The maximum atomic E-state index is 12.6. The lowest BCUT2D eigenvalue weighted by Gasteiger charge is -2.16. The Balaban J connectivity index is 2.54. The van der Waals surface area contributed by atoms with Gasteiger partial charge in [-0.1, -0.05) is 29.8 Å². The van der Waals surface area contributed by atoms with Gasteiger partial charge >= 0.3 is 0 Å². The Labute approximate surface area is 143 Å². The zero-order chi connectivity index (χ0) is 17.9. The molecule has 0 aliphatic rings. The Bertz CT molecular complexity index is 882. The van der Waals surface area contributed by atoms with Crippen molar-refractivity contribution in [2.75, 3.05) is 18.9 Å². The lowest BCUT2D eigenvalue weighted by Crippen LogP contribution is -2.25. The molecule has 0 saturated heterocycles. The summed E-state index contributed by atoms with van der Waals surface area (Å²) < 4.78 is 37.5. The molecule has 0 aliphatic heterocycles. The molecule has 0 radical (unpaired) electrons. The molecule has 2 rings (SSSR count). The van der Waals surface area contributed by atoms with Crippen LogP contribution in [0.3, 0.4) is 0 Å². The van der Waals surface area contributed by atoms with Crippen molar-refractivity contribution >= 4 is 33.3 Å². The van der Waals surface area contributed by atoms with E-state index in [0.29, 0.717) is 0 Å². The van der Waals surface area contributed by atoms with Crippen LogP contribution in [0.1, 0.15) is 10.4 Å². The first-order chi connectivity index (χ1) is 11.3. The molecule has 0 unspecified atom stereocenters. The molecular formula is C15H13ClNO6S-. The van der Waals surface area contributed by atoms with E-state index in [1.54, 1.807) is 0 Å². The number of carbonyl (C=O) groups excluding carboxylic acids is 1. The van der Waals surface area contributed by atoms with Crippen LogP contribution in [0, 0.1) is 0 Å². The number of carboxylic acid groups (broad SMARTS) is 1. The average molecular weight is 371 g/mol. The van der Waals surface area contributed by atoms with Crippen molar-refractivity contribution in [1.82, 2.24) is 0 Å². The first kappa shape index (κ1) is 17.9. The number of hydrogen-bond acceptors (Lipinski definition) is 6. The van der Waals surface area contributed by atoms with Gasteiger partial charge in [-0.15, -0.1) is 0 Å². The van der Waals surface area contributed by atoms with E-state index in [1.807, 2.05) is 0 Å². The minimum Gasteiger partial charge on any atom is -0.545 e. The van der Waals surface area contributed by atoms with Gasteiger partial charge in [0.25, 0.3) is 10.0 Å². The maximum Gasteiger partial charge on any atom is 0.265 e. The smallest absolute Gasteiger partial charge is 0.265 e. The molecule has 0 heterocycles. The molecule has 7 nitrogen and oxygen atoms in total. The van der Waals surface area contributed by atoms with E-state index in [2.05, 4.69) is 4.72 Å². The summed E-state index contributed by atoms with van der Waals surface area (Å²) in [4.78, 5) is 10.9. The second-order valence-corrected chi connectivity index (χ2v) is 6.63. The molecule has 0 bridgehead atoms. The van der Waals surface area contributed by atoms with Gasteiger partial charge in [0, 0.05) is 17.7 Å². The summed E-state index contributed by atoms with van der Waals surface area (Å²) in [6.45, 7) is 0. The van der Waals surface area contributed by atoms with E-state index in [9.17, 15) is 18.3 Å². The molecule has 0 spiro atoms. The molecule has 0 aliphatic carbocycles. The monoisotopic (exact) mass is 370 g/mol. The molecule has 2 aromatic rings. The molecule has 0 saturated carbocycles. The number of nitrogens with one attached hydrogen (secondary N) is 1. The molecule has 24 heavy (non-hydrogen) atoms. The van der Waals surface area contributed by atoms with Gasteiger partial charge in [-0.25, -0.2) is 8.42 Å². The summed E-state index contributed by atoms with van der Waals surface area (Å²) in [5, 5.41) is 11.3. The number of rotatable bonds is 6. The van der Waals surface area contributed by atoms with Gasteiger partial charge in [0.05, 0.1) is 30.9 Å². The predicted molar refractivity (Wildman–Crippen MR) is 86.1 cm³/mol. The lowest BCUT2D eigenvalue weighted by atomic mass is 10.2. The fraction of sp³-hybridized carbons (Fsp3) is 0.133. The van der Waals surface area contributed by atoms with Gasteiger partial charge in [0.1, 0.15) is 16.4 Å². The van der Waals surface area contributed by atoms with Crippen LogP contribution in [-0.2, 0) is 10.0 Å². The maximum absolute atomic E-state index is 12.6. The fourth-order valence-electron chi connectivity index (χ4n) is 1.99. The summed E-state index contributed by atoms with van der Waals surface area (Å²) in [7, 11) is -1.55. The van der Waals surface area contributed by atoms with Gasteiger partial charge < -0.3 is 19.4 Å². The third-order valence-corrected chi connectivity index (χ3v) is 4.80. The molecule has 0 atom stereocenters. The Kier molecular flexibility index (Phi) is 5.20. The van der Waals surface area contributed by atoms with E-state index in [4.69, 9.17) is 21.1 Å². The van der Waals surface area contributed by atoms with Crippen molar-refractivity contribution in [3.05, 3.63) is 47.0 Å². The third kappa shape index (κ3) is 3.55. The van der Waals surface area contributed by atoms with Crippen LogP contribution in [0.15, 0.2) is 41.3 Å². The second kappa shape index (κ2) is 6.98. The zero-order valence-corrected chi connectivity index (χ0v) is 14.3. The van der Waals surface area contributed by atoms with Crippen LogP contribution >= 0.6 is 11.6 Å². The zero-order valence-electron chi connectivity index (χ0n) is 12.7. The number of benzene rings is 2. The van der Waals surface area contributed by atoms with Crippen molar-refractivity contribution in [3.8, 4) is 11.5 Å². The Morgan fingerprint density at radius 1 is 1.12 bits per heavy atom. The van der Waals surface area contributed by atoms with Gasteiger partial charge in [-0.05, 0) is 6.07 Å². The number of carboxylic acids is 1. The molecule has 2 aromatic carbocycles. The highest BCUT2D eigenvalue weighted by Gasteiger charge is 2.23. The average Bonchev–Trinajstić information content (AvgIpc) is 2.54. The summed E-state index contributed by atoms with van der Waals surface area (Å²) in [6.07, 6.45) is 0. The van der Waals surface area contributed by atoms with E-state index >= 15 is 0 Å². The van der Waals surface area contributed by atoms with E-state index in [0.717, 1.165) is 0 Å². The van der Waals surface area contributed by atoms with E-state index < -0.39 is 16.0 Å². The number of ether oxygens (including phenoxy) is 2. The van der Waals surface area contributed by atoms with Crippen molar-refractivity contribution in [3.63, 3.8) is 0 Å². The largest absolute Gasteiger partial charge is 0.545 e. The predicted octanol–water partition coefficient (Wildman–Crippen LogP) is 1.52. The number of anilines is 1. The highest BCUT2D eigenvalue weighted by atomic mass is 35.5.